The number of amides is 2. The molecule has 0 radical (unpaired) electrons. The zero-order valence-corrected chi connectivity index (χ0v) is 21.7. The number of likely N-dealkylation sites (tertiary alicyclic amines) is 1. The van der Waals surface area contributed by atoms with Crippen LogP contribution in [0.15, 0.2) is 66.7 Å². The van der Waals surface area contributed by atoms with Gasteiger partial charge in [-0.1, -0.05) is 49.0 Å². The summed E-state index contributed by atoms with van der Waals surface area (Å²) in [4.78, 5) is 39.7. The third-order valence-corrected chi connectivity index (χ3v) is 7.67. The summed E-state index contributed by atoms with van der Waals surface area (Å²) < 4.78 is 31.6. The molecular formula is C24H25ClN2O7S2. The average molecular weight is 553 g/mol. The topological polar surface area (TPSA) is 122 Å². The standard InChI is InChI=1S/C24H25ClN2O7S2/c1-15(13-25)21(24(30)34-14-17-8-10-18(33-2)11-9-17)27-22(29)20(23(27)35-36(31)32)26-19(28)12-16-6-4-3-5-7-16/h3-11,20-21,23H,1,12-14H2,2H3,(H,26,28)(H,31,32). The molecule has 0 aromatic heterocycles. The minimum Gasteiger partial charge on any atom is -0.497 e. The zero-order chi connectivity index (χ0) is 26.2. The Hall–Kier alpha value is -2.86. The van der Waals surface area contributed by atoms with E-state index < -0.39 is 45.4 Å². The summed E-state index contributed by atoms with van der Waals surface area (Å²) in [6.45, 7) is 3.70. The van der Waals surface area contributed by atoms with E-state index in [9.17, 15) is 23.1 Å². The van der Waals surface area contributed by atoms with Gasteiger partial charge in [0.1, 0.15) is 23.8 Å². The predicted molar refractivity (Wildman–Crippen MR) is 138 cm³/mol. The van der Waals surface area contributed by atoms with Gasteiger partial charge in [0, 0.05) is 5.88 Å². The van der Waals surface area contributed by atoms with Crippen molar-refractivity contribution in [1.82, 2.24) is 10.2 Å². The maximum atomic E-state index is 13.1. The Morgan fingerprint density at radius 2 is 1.86 bits per heavy atom. The number of esters is 1. The molecule has 1 aliphatic rings. The van der Waals surface area contributed by atoms with Crippen molar-refractivity contribution in [1.29, 1.82) is 0 Å². The predicted octanol–water partition coefficient (Wildman–Crippen LogP) is 2.67. The van der Waals surface area contributed by atoms with Crippen molar-refractivity contribution in [3.63, 3.8) is 0 Å². The molecule has 192 valence electrons. The maximum Gasteiger partial charge on any atom is 0.333 e. The molecule has 0 aliphatic carbocycles. The van der Waals surface area contributed by atoms with Crippen LogP contribution < -0.4 is 10.1 Å². The van der Waals surface area contributed by atoms with Crippen LogP contribution in [0.1, 0.15) is 11.1 Å². The molecule has 0 spiro atoms. The molecule has 2 aromatic carbocycles. The number of hydrogen-bond donors (Lipinski definition) is 2. The van der Waals surface area contributed by atoms with Crippen LogP contribution in [0, 0.1) is 0 Å². The second kappa shape index (κ2) is 12.9. The Morgan fingerprint density at radius 1 is 1.19 bits per heavy atom. The largest absolute Gasteiger partial charge is 0.497 e. The number of carbonyl (C=O) groups is 3. The molecule has 2 amide bonds. The van der Waals surface area contributed by atoms with Gasteiger partial charge in [-0.3, -0.25) is 14.1 Å². The van der Waals surface area contributed by atoms with Crippen molar-refractivity contribution in [2.45, 2.75) is 30.5 Å². The highest BCUT2D eigenvalue weighted by Crippen LogP contribution is 2.36. The van der Waals surface area contributed by atoms with Crippen molar-refractivity contribution < 1.29 is 32.6 Å². The monoisotopic (exact) mass is 552 g/mol. The lowest BCUT2D eigenvalue weighted by atomic mass is 9.99. The van der Waals surface area contributed by atoms with E-state index in [2.05, 4.69) is 11.9 Å². The first-order chi connectivity index (χ1) is 17.2. The number of nitrogens with one attached hydrogen (secondary N) is 1. The average Bonchev–Trinajstić information content (AvgIpc) is 2.88. The lowest BCUT2D eigenvalue weighted by Crippen LogP contribution is -2.73. The van der Waals surface area contributed by atoms with Crippen molar-refractivity contribution in [2.24, 2.45) is 0 Å². The van der Waals surface area contributed by atoms with E-state index in [4.69, 9.17) is 21.1 Å². The molecule has 9 nitrogen and oxygen atoms in total. The van der Waals surface area contributed by atoms with Crippen molar-refractivity contribution in [3.05, 3.63) is 77.9 Å². The number of halogens is 1. The van der Waals surface area contributed by atoms with Gasteiger partial charge in [-0.05, 0) is 39.6 Å². The number of hydrogen-bond acceptors (Lipinski definition) is 7. The van der Waals surface area contributed by atoms with Gasteiger partial charge in [-0.15, -0.1) is 11.6 Å². The highest BCUT2D eigenvalue weighted by Gasteiger charge is 2.55. The van der Waals surface area contributed by atoms with Crippen LogP contribution in [0.5, 0.6) is 5.75 Å². The molecule has 1 heterocycles. The Morgan fingerprint density at radius 3 is 2.44 bits per heavy atom. The van der Waals surface area contributed by atoms with Gasteiger partial charge in [0.05, 0.1) is 13.5 Å². The normalized spacial score (nSPS) is 18.5. The minimum atomic E-state index is -2.39. The fourth-order valence-corrected chi connectivity index (χ4v) is 5.64. The SMILES string of the molecule is C=C(CCl)C(C(=O)OCc1ccc(OC)cc1)N1C(=O)C(NC(=O)Cc2ccccc2)C1SS(=O)O. The fourth-order valence-electron chi connectivity index (χ4n) is 3.59. The molecule has 36 heavy (non-hydrogen) atoms. The summed E-state index contributed by atoms with van der Waals surface area (Å²) in [7, 11) is -0.342. The molecule has 12 heteroatoms. The molecule has 1 aliphatic heterocycles. The number of β-lactam (4-membered cyclic amide) rings is 1. The fraction of sp³-hybridized carbons (Fsp3) is 0.292. The highest BCUT2D eigenvalue weighted by atomic mass is 35.5. The third kappa shape index (κ3) is 6.88. The first-order valence-electron chi connectivity index (χ1n) is 10.7. The molecule has 3 rings (SSSR count). The van der Waals surface area contributed by atoms with Crippen molar-refractivity contribution in [3.8, 4) is 5.75 Å². The molecule has 1 saturated heterocycles. The quantitative estimate of drug-likeness (QED) is 0.103. The number of rotatable bonds is 12. The lowest BCUT2D eigenvalue weighted by molar-refractivity contribution is -0.163. The number of carbonyl (C=O) groups excluding carboxylic acids is 3. The highest BCUT2D eigenvalue weighted by molar-refractivity contribution is 8.67. The van der Waals surface area contributed by atoms with Gasteiger partial charge in [-0.2, -0.15) is 0 Å². The molecule has 0 saturated carbocycles. The second-order valence-electron chi connectivity index (χ2n) is 7.81. The van der Waals surface area contributed by atoms with Crippen LogP contribution in [0.2, 0.25) is 0 Å². The van der Waals surface area contributed by atoms with E-state index in [0.29, 0.717) is 22.1 Å². The smallest absolute Gasteiger partial charge is 0.333 e. The summed E-state index contributed by atoms with van der Waals surface area (Å²) >= 11 is 5.93. The van der Waals surface area contributed by atoms with Crippen molar-refractivity contribution in [2.75, 3.05) is 13.0 Å². The Balaban J connectivity index is 1.73. The van der Waals surface area contributed by atoms with E-state index in [1.165, 1.54) is 7.11 Å². The summed E-state index contributed by atoms with van der Waals surface area (Å²) in [5, 5.41) is 1.58. The second-order valence-corrected chi connectivity index (χ2v) is 10.6. The van der Waals surface area contributed by atoms with Crippen LogP contribution in [0.3, 0.4) is 0 Å². The Kier molecular flexibility index (Phi) is 9.94. The number of benzene rings is 2. The molecule has 4 atom stereocenters. The van der Waals surface area contributed by atoms with E-state index in [1.54, 1.807) is 48.5 Å². The number of ether oxygens (including phenoxy) is 2. The van der Waals surface area contributed by atoms with E-state index in [0.717, 1.165) is 10.5 Å². The van der Waals surface area contributed by atoms with Crippen LogP contribution >= 0.6 is 22.4 Å². The van der Waals surface area contributed by atoms with Gasteiger partial charge in [0.25, 0.3) is 0 Å². The molecule has 2 aromatic rings. The summed E-state index contributed by atoms with van der Waals surface area (Å²) in [5.41, 5.74) is 1.60. The molecule has 2 N–H and O–H groups in total. The summed E-state index contributed by atoms with van der Waals surface area (Å²) in [6, 6.07) is 13.4. The van der Waals surface area contributed by atoms with Gasteiger partial charge >= 0.3 is 5.97 Å². The Labute approximate surface area is 219 Å². The van der Waals surface area contributed by atoms with E-state index >= 15 is 0 Å². The molecule has 1 fully saturated rings. The van der Waals surface area contributed by atoms with Crippen LogP contribution in [0.25, 0.3) is 0 Å². The molecule has 4 unspecified atom stereocenters. The van der Waals surface area contributed by atoms with Gasteiger partial charge in [-0.25, -0.2) is 9.00 Å². The number of nitrogens with zero attached hydrogens (tertiary/aromatic N) is 1. The van der Waals surface area contributed by atoms with Crippen LogP contribution in [-0.4, -0.2) is 61.9 Å². The minimum absolute atomic E-state index is 0.0198. The van der Waals surface area contributed by atoms with Gasteiger partial charge in [0.2, 0.25) is 21.9 Å². The molecular weight excluding hydrogens is 528 g/mol. The zero-order valence-electron chi connectivity index (χ0n) is 19.3. The lowest BCUT2D eigenvalue weighted by Gasteiger charge is -2.49. The number of methoxy groups -OCH3 is 1. The van der Waals surface area contributed by atoms with Gasteiger partial charge in [0.15, 0.2) is 6.04 Å². The molecule has 0 bridgehead atoms. The maximum absolute atomic E-state index is 13.1. The summed E-state index contributed by atoms with van der Waals surface area (Å²) in [5.74, 6) is -1.37. The Bertz CT molecular complexity index is 1130. The van der Waals surface area contributed by atoms with Crippen LogP contribution in [0.4, 0.5) is 0 Å². The van der Waals surface area contributed by atoms with Gasteiger partial charge < -0.3 is 19.7 Å². The first-order valence-corrected chi connectivity index (χ1v) is 13.8. The third-order valence-electron chi connectivity index (χ3n) is 5.38. The van der Waals surface area contributed by atoms with E-state index in [1.807, 2.05) is 6.07 Å². The van der Waals surface area contributed by atoms with Crippen molar-refractivity contribution >= 4 is 50.3 Å². The van der Waals surface area contributed by atoms with Crippen LogP contribution in [-0.2, 0) is 42.3 Å². The number of alkyl halides is 1. The first kappa shape index (κ1) is 27.7. The van der Waals surface area contributed by atoms with E-state index in [-0.39, 0.29) is 24.5 Å². The summed E-state index contributed by atoms with van der Waals surface area (Å²) in [6.07, 6.45) is 0.0198.